The van der Waals surface area contributed by atoms with Gasteiger partial charge in [0.05, 0.1) is 25.3 Å². The number of carbonyl (C=O) groups excluding carboxylic acids is 1. The highest BCUT2D eigenvalue weighted by molar-refractivity contribution is 6.16. The number of ketones is 1. The fourth-order valence-corrected chi connectivity index (χ4v) is 4.45. The summed E-state index contributed by atoms with van der Waals surface area (Å²) >= 11 is 0. The third kappa shape index (κ3) is 4.47. The maximum Gasteiger partial charge on any atom is 0.232 e. The van der Waals surface area contributed by atoms with Crippen LogP contribution in [-0.2, 0) is 13.0 Å². The standard InChI is InChI=1S/C28H26FNO5/c1-17-12-23-21(15-30(16-34-23)11-10-18-4-7-20(29)8-5-18)28-26(17)27(31)25(35-28)14-19-6-9-22(32-2)24(13-19)33-3/h4-9,12-14H,10-11,15-16H2,1-3H3/b25-14+. The lowest BCUT2D eigenvalue weighted by Gasteiger charge is -2.30. The van der Waals surface area contributed by atoms with Gasteiger partial charge in [-0.25, -0.2) is 4.39 Å². The smallest absolute Gasteiger partial charge is 0.232 e. The highest BCUT2D eigenvalue weighted by Gasteiger charge is 2.35. The number of hydrogen-bond donors (Lipinski definition) is 0. The molecule has 0 N–H and O–H groups in total. The van der Waals surface area contributed by atoms with E-state index in [0.717, 1.165) is 41.0 Å². The summed E-state index contributed by atoms with van der Waals surface area (Å²) in [5.41, 5.74) is 4.07. The normalized spacial score (nSPS) is 15.9. The first-order valence-electron chi connectivity index (χ1n) is 11.4. The average Bonchev–Trinajstić information content (AvgIpc) is 3.20. The number of nitrogens with zero attached hydrogens (tertiary/aromatic N) is 1. The van der Waals surface area contributed by atoms with Crippen molar-refractivity contribution in [3.63, 3.8) is 0 Å². The van der Waals surface area contributed by atoms with Crippen molar-refractivity contribution in [2.24, 2.45) is 0 Å². The summed E-state index contributed by atoms with van der Waals surface area (Å²) in [5, 5.41) is 0. The molecule has 6 nitrogen and oxygen atoms in total. The van der Waals surface area contributed by atoms with Gasteiger partial charge in [-0.2, -0.15) is 0 Å². The number of methoxy groups -OCH3 is 2. The molecule has 35 heavy (non-hydrogen) atoms. The SMILES string of the molecule is COc1ccc(/C=C2/Oc3c4c(cc(C)c3C2=O)OCN(CCc2ccc(F)cc2)C4)cc1OC. The van der Waals surface area contributed by atoms with E-state index in [1.807, 2.05) is 19.1 Å². The molecule has 0 aliphatic carbocycles. The minimum Gasteiger partial charge on any atom is -0.493 e. The zero-order valence-corrected chi connectivity index (χ0v) is 19.9. The van der Waals surface area contributed by atoms with Crippen molar-refractivity contribution < 1.29 is 28.1 Å². The van der Waals surface area contributed by atoms with Crippen molar-refractivity contribution >= 4 is 11.9 Å². The summed E-state index contributed by atoms with van der Waals surface area (Å²) in [5.74, 6) is 2.34. The molecule has 2 aliphatic heterocycles. The molecule has 0 unspecified atom stereocenters. The summed E-state index contributed by atoms with van der Waals surface area (Å²) in [6.45, 7) is 3.66. The van der Waals surface area contributed by atoms with Crippen molar-refractivity contribution in [1.29, 1.82) is 0 Å². The maximum absolute atomic E-state index is 13.3. The molecule has 3 aromatic rings. The van der Waals surface area contributed by atoms with E-state index in [4.69, 9.17) is 18.9 Å². The lowest BCUT2D eigenvalue weighted by molar-refractivity contribution is 0.0949. The van der Waals surface area contributed by atoms with E-state index >= 15 is 0 Å². The minimum absolute atomic E-state index is 0.154. The highest BCUT2D eigenvalue weighted by atomic mass is 19.1. The first-order valence-corrected chi connectivity index (χ1v) is 11.4. The summed E-state index contributed by atoms with van der Waals surface area (Å²) in [6.07, 6.45) is 2.48. The van der Waals surface area contributed by atoms with Gasteiger partial charge in [0.1, 0.15) is 24.0 Å². The first kappa shape index (κ1) is 22.9. The van der Waals surface area contributed by atoms with Crippen LogP contribution in [0, 0.1) is 12.7 Å². The Hall–Kier alpha value is -3.84. The van der Waals surface area contributed by atoms with Gasteiger partial charge >= 0.3 is 0 Å². The van der Waals surface area contributed by atoms with Crippen molar-refractivity contribution in [1.82, 2.24) is 4.90 Å². The summed E-state index contributed by atoms with van der Waals surface area (Å²) in [6, 6.07) is 13.9. The average molecular weight is 476 g/mol. The molecule has 7 heteroatoms. The van der Waals surface area contributed by atoms with Crippen molar-refractivity contribution in [2.75, 3.05) is 27.5 Å². The zero-order valence-electron chi connectivity index (χ0n) is 19.9. The van der Waals surface area contributed by atoms with Gasteiger partial charge in [-0.1, -0.05) is 18.2 Å². The fraction of sp³-hybridized carbons (Fsp3) is 0.250. The number of fused-ring (bicyclic) bond motifs is 3. The van der Waals surface area contributed by atoms with Crippen LogP contribution in [0.15, 0.2) is 54.3 Å². The molecule has 0 amide bonds. The molecule has 3 aromatic carbocycles. The van der Waals surface area contributed by atoms with E-state index in [1.54, 1.807) is 44.6 Å². The van der Waals surface area contributed by atoms with Crippen molar-refractivity contribution in [2.45, 2.75) is 19.9 Å². The van der Waals surface area contributed by atoms with Gasteiger partial charge in [-0.3, -0.25) is 9.69 Å². The second-order valence-corrected chi connectivity index (χ2v) is 8.63. The Morgan fingerprint density at radius 2 is 1.83 bits per heavy atom. The summed E-state index contributed by atoms with van der Waals surface area (Å²) in [4.78, 5) is 15.4. The minimum atomic E-state index is -0.242. The first-order chi connectivity index (χ1) is 17.0. The van der Waals surface area contributed by atoms with Crippen LogP contribution >= 0.6 is 0 Å². The number of allylic oxidation sites excluding steroid dienone is 1. The van der Waals surface area contributed by atoms with E-state index in [1.165, 1.54) is 12.1 Å². The van der Waals surface area contributed by atoms with E-state index in [2.05, 4.69) is 4.90 Å². The molecule has 180 valence electrons. The molecule has 0 fully saturated rings. The predicted molar refractivity (Wildman–Crippen MR) is 130 cm³/mol. The lowest BCUT2D eigenvalue weighted by atomic mass is 9.98. The molecular weight excluding hydrogens is 449 g/mol. The van der Waals surface area contributed by atoms with Crippen molar-refractivity contribution in [3.05, 3.63) is 87.9 Å². The Morgan fingerprint density at radius 1 is 1.06 bits per heavy atom. The summed E-state index contributed by atoms with van der Waals surface area (Å²) < 4.78 is 36.0. The molecule has 2 heterocycles. The number of benzene rings is 3. The van der Waals surface area contributed by atoms with Crippen LogP contribution in [0.2, 0.25) is 0 Å². The quantitative estimate of drug-likeness (QED) is 0.459. The van der Waals surface area contributed by atoms with E-state index in [9.17, 15) is 9.18 Å². The van der Waals surface area contributed by atoms with Gasteiger partial charge in [-0.05, 0) is 66.4 Å². The number of rotatable bonds is 6. The third-order valence-corrected chi connectivity index (χ3v) is 6.32. The Morgan fingerprint density at radius 3 is 2.57 bits per heavy atom. The van der Waals surface area contributed by atoms with Gasteiger partial charge in [0.15, 0.2) is 17.3 Å². The Labute approximate surface area is 203 Å². The number of ether oxygens (including phenoxy) is 4. The second-order valence-electron chi connectivity index (χ2n) is 8.63. The zero-order chi connectivity index (χ0) is 24.5. The van der Waals surface area contributed by atoms with Gasteiger partial charge in [0.25, 0.3) is 0 Å². The van der Waals surface area contributed by atoms with Crippen LogP contribution in [0.1, 0.15) is 32.6 Å². The Bertz CT molecular complexity index is 1320. The Kier molecular flexibility index (Phi) is 6.17. The fourth-order valence-electron chi connectivity index (χ4n) is 4.45. The van der Waals surface area contributed by atoms with Crippen LogP contribution in [0.25, 0.3) is 6.08 Å². The van der Waals surface area contributed by atoms with Gasteiger partial charge in [0.2, 0.25) is 5.78 Å². The van der Waals surface area contributed by atoms with E-state index in [-0.39, 0.29) is 17.4 Å². The second kappa shape index (κ2) is 9.43. The molecular formula is C28H26FNO5. The summed E-state index contributed by atoms with van der Waals surface area (Å²) in [7, 11) is 3.15. The number of aryl methyl sites for hydroxylation is 1. The maximum atomic E-state index is 13.3. The molecule has 2 aliphatic rings. The molecule has 0 saturated carbocycles. The molecule has 0 aromatic heterocycles. The molecule has 0 bridgehead atoms. The molecule has 0 atom stereocenters. The molecule has 0 spiro atoms. The molecule has 0 saturated heterocycles. The number of carbonyl (C=O) groups is 1. The van der Waals surface area contributed by atoms with Gasteiger partial charge in [-0.15, -0.1) is 0 Å². The molecule has 5 rings (SSSR count). The number of Topliss-reactive ketones (excluding diaryl/α,β-unsaturated/α-hetero) is 1. The van der Waals surface area contributed by atoms with Crippen molar-refractivity contribution in [3.8, 4) is 23.0 Å². The highest BCUT2D eigenvalue weighted by Crippen LogP contribution is 2.44. The topological polar surface area (TPSA) is 57.2 Å². The molecule has 0 radical (unpaired) electrons. The van der Waals surface area contributed by atoms with E-state index in [0.29, 0.717) is 36.1 Å². The third-order valence-electron chi connectivity index (χ3n) is 6.32. The van der Waals surface area contributed by atoms with Gasteiger partial charge < -0.3 is 18.9 Å². The number of halogens is 1. The van der Waals surface area contributed by atoms with Gasteiger partial charge in [0, 0.05) is 13.1 Å². The number of hydrogen-bond acceptors (Lipinski definition) is 6. The van der Waals surface area contributed by atoms with Crippen LogP contribution in [0.5, 0.6) is 23.0 Å². The van der Waals surface area contributed by atoms with Crippen LogP contribution in [0.3, 0.4) is 0 Å². The Balaban J connectivity index is 1.39. The largest absolute Gasteiger partial charge is 0.493 e. The van der Waals surface area contributed by atoms with Crippen LogP contribution in [0.4, 0.5) is 4.39 Å². The monoisotopic (exact) mass is 475 g/mol. The van der Waals surface area contributed by atoms with E-state index < -0.39 is 0 Å². The van der Waals surface area contributed by atoms with Crippen LogP contribution < -0.4 is 18.9 Å². The van der Waals surface area contributed by atoms with Crippen LogP contribution in [-0.4, -0.2) is 38.2 Å². The lowest BCUT2D eigenvalue weighted by Crippen LogP contribution is -2.33. The predicted octanol–water partition coefficient (Wildman–Crippen LogP) is 5.16.